The molecule has 4 aromatic carbocycles. The number of hydrogen-bond donors (Lipinski definition) is 2. The zero-order valence-electron chi connectivity index (χ0n) is 25.8. The first kappa shape index (κ1) is 31.8. The fraction of sp³-hybridized carbons (Fsp3) is 0.342. The second-order valence-electron chi connectivity index (χ2n) is 12.1. The molecule has 2 N–H and O–H groups in total. The molecule has 3 heteroatoms. The lowest BCUT2D eigenvalue weighted by Gasteiger charge is -2.27. The van der Waals surface area contributed by atoms with E-state index in [9.17, 15) is 4.79 Å². The van der Waals surface area contributed by atoms with Gasteiger partial charge >= 0.3 is 0 Å². The summed E-state index contributed by atoms with van der Waals surface area (Å²) in [6.45, 7) is 13.9. The third kappa shape index (κ3) is 11.4. The molecule has 0 atom stereocenters. The molecule has 216 valence electrons. The molecule has 0 spiro atoms. The van der Waals surface area contributed by atoms with E-state index in [-0.39, 0.29) is 17.0 Å². The highest BCUT2D eigenvalue weighted by molar-refractivity contribution is 5.94. The molecule has 0 saturated carbocycles. The fourth-order valence-electron chi connectivity index (χ4n) is 4.95. The Kier molecular flexibility index (Phi) is 11.9. The summed E-state index contributed by atoms with van der Waals surface area (Å²) in [6, 6.07) is 37.4. The summed E-state index contributed by atoms with van der Waals surface area (Å²) in [6.07, 6.45) is 4.00. The highest BCUT2D eigenvalue weighted by Crippen LogP contribution is 2.17. The molecule has 0 aliphatic rings. The Morgan fingerprint density at radius 1 is 0.561 bits per heavy atom. The topological polar surface area (TPSA) is 41.1 Å². The molecule has 0 heterocycles. The Morgan fingerprint density at radius 2 is 1.00 bits per heavy atom. The number of carbonyl (C=O) groups is 1. The summed E-state index contributed by atoms with van der Waals surface area (Å²) in [4.78, 5) is 12.3. The van der Waals surface area contributed by atoms with E-state index in [0.29, 0.717) is 5.56 Å². The van der Waals surface area contributed by atoms with Crippen LogP contribution in [0.15, 0.2) is 109 Å². The fourth-order valence-corrected chi connectivity index (χ4v) is 4.95. The van der Waals surface area contributed by atoms with Crippen LogP contribution in [0.25, 0.3) is 0 Å². The molecule has 0 bridgehead atoms. The third-order valence-corrected chi connectivity index (χ3v) is 7.19. The van der Waals surface area contributed by atoms with Gasteiger partial charge in [-0.25, -0.2) is 0 Å². The summed E-state index contributed by atoms with van der Waals surface area (Å²) in [5.41, 5.74) is 7.28. The highest BCUT2D eigenvalue weighted by Gasteiger charge is 2.22. The minimum Gasteiger partial charge on any atom is -0.347 e. The predicted octanol–water partition coefficient (Wildman–Crippen LogP) is 8.36. The van der Waals surface area contributed by atoms with Crippen molar-refractivity contribution in [1.82, 2.24) is 10.6 Å². The zero-order chi connectivity index (χ0) is 29.7. The Hall–Kier alpha value is -3.69. The van der Waals surface area contributed by atoms with Crippen molar-refractivity contribution >= 4 is 5.91 Å². The van der Waals surface area contributed by atoms with E-state index in [4.69, 9.17) is 0 Å². The predicted molar refractivity (Wildman–Crippen MR) is 174 cm³/mol. The first-order valence-corrected chi connectivity index (χ1v) is 14.9. The second-order valence-corrected chi connectivity index (χ2v) is 12.1. The molecular formula is C38H48N2O. The van der Waals surface area contributed by atoms with Crippen LogP contribution in [-0.4, -0.2) is 17.0 Å². The number of rotatable bonds is 11. The van der Waals surface area contributed by atoms with Gasteiger partial charge in [0.05, 0.1) is 0 Å². The zero-order valence-corrected chi connectivity index (χ0v) is 25.8. The molecule has 1 amide bonds. The van der Waals surface area contributed by atoms with Crippen molar-refractivity contribution in [3.05, 3.63) is 143 Å². The molecule has 0 saturated heterocycles. The average molecular weight is 549 g/mol. The van der Waals surface area contributed by atoms with E-state index in [1.165, 1.54) is 27.8 Å². The molecule has 0 fully saturated rings. The van der Waals surface area contributed by atoms with Gasteiger partial charge in [-0.3, -0.25) is 4.79 Å². The van der Waals surface area contributed by atoms with Gasteiger partial charge in [-0.2, -0.15) is 0 Å². The van der Waals surface area contributed by atoms with Crippen LogP contribution in [0.3, 0.4) is 0 Å². The maximum absolute atomic E-state index is 12.3. The molecule has 0 aliphatic carbocycles. The lowest BCUT2D eigenvalue weighted by atomic mass is 9.93. The van der Waals surface area contributed by atoms with Gasteiger partial charge in [-0.1, -0.05) is 111 Å². The molecule has 41 heavy (non-hydrogen) atoms. The van der Waals surface area contributed by atoms with Gasteiger partial charge in [0, 0.05) is 23.2 Å². The van der Waals surface area contributed by atoms with E-state index in [0.717, 1.165) is 32.2 Å². The molecular weight excluding hydrogens is 500 g/mol. The molecule has 0 unspecified atom stereocenters. The Bertz CT molecular complexity index is 1340. The van der Waals surface area contributed by atoms with Crippen LogP contribution >= 0.6 is 0 Å². The van der Waals surface area contributed by atoms with Gasteiger partial charge < -0.3 is 10.6 Å². The molecule has 3 nitrogen and oxygen atoms in total. The highest BCUT2D eigenvalue weighted by atomic mass is 16.1. The summed E-state index contributed by atoms with van der Waals surface area (Å²) in [5.74, 6) is -0.0211. The summed E-state index contributed by atoms with van der Waals surface area (Å²) in [7, 11) is 0. The van der Waals surface area contributed by atoms with Gasteiger partial charge in [0.2, 0.25) is 0 Å². The van der Waals surface area contributed by atoms with Crippen LogP contribution < -0.4 is 10.6 Å². The van der Waals surface area contributed by atoms with Crippen molar-refractivity contribution in [3.8, 4) is 0 Å². The summed E-state index contributed by atoms with van der Waals surface area (Å²) >= 11 is 0. The van der Waals surface area contributed by atoms with Crippen LogP contribution in [0.2, 0.25) is 0 Å². The summed E-state index contributed by atoms with van der Waals surface area (Å²) in [5, 5.41) is 6.78. The lowest BCUT2D eigenvalue weighted by Crippen LogP contribution is -2.45. The molecule has 4 rings (SSSR count). The van der Waals surface area contributed by atoms with Crippen molar-refractivity contribution in [2.24, 2.45) is 0 Å². The van der Waals surface area contributed by atoms with Crippen molar-refractivity contribution in [1.29, 1.82) is 0 Å². The molecule has 0 aliphatic heterocycles. The average Bonchev–Trinajstić information content (AvgIpc) is 2.97. The molecule has 4 aromatic rings. The van der Waals surface area contributed by atoms with Gasteiger partial charge in [0.1, 0.15) is 0 Å². The number of aryl methyl sites for hydroxylation is 2. The minimum absolute atomic E-state index is 0.0211. The first-order chi connectivity index (χ1) is 19.6. The van der Waals surface area contributed by atoms with Crippen molar-refractivity contribution in [2.45, 2.75) is 84.8 Å². The van der Waals surface area contributed by atoms with Crippen LogP contribution in [0, 0.1) is 0 Å². The molecule has 0 radical (unpaired) electrons. The van der Waals surface area contributed by atoms with Crippen LogP contribution in [0.5, 0.6) is 0 Å². The molecule has 0 aromatic heterocycles. The van der Waals surface area contributed by atoms with Crippen LogP contribution in [0.4, 0.5) is 0 Å². The summed E-state index contributed by atoms with van der Waals surface area (Å²) < 4.78 is 0. The number of carbonyl (C=O) groups excluding carboxylic acids is 1. The van der Waals surface area contributed by atoms with Gasteiger partial charge in [0.15, 0.2) is 0 Å². The Morgan fingerprint density at radius 3 is 1.51 bits per heavy atom. The van der Waals surface area contributed by atoms with Crippen molar-refractivity contribution < 1.29 is 4.79 Å². The quantitative estimate of drug-likeness (QED) is 0.198. The van der Waals surface area contributed by atoms with Crippen LogP contribution in [0.1, 0.15) is 79.7 Å². The van der Waals surface area contributed by atoms with Gasteiger partial charge in [-0.15, -0.1) is 0 Å². The first-order valence-electron chi connectivity index (χ1n) is 14.9. The number of amides is 1. The number of benzene rings is 4. The van der Waals surface area contributed by atoms with Crippen LogP contribution in [-0.2, 0) is 32.2 Å². The second kappa shape index (κ2) is 15.3. The van der Waals surface area contributed by atoms with Gasteiger partial charge in [-0.05, 0) is 93.3 Å². The number of nitrogens with one attached hydrogen (secondary N) is 2. The SMILES string of the molecule is CCc1cccc(CC(C)(C)NC(=O)c2ccccc2)c1.CCc1cccc(CC(C)(C)NCc2ccccc2)c1. The van der Waals surface area contributed by atoms with E-state index in [1.54, 1.807) is 0 Å². The van der Waals surface area contributed by atoms with E-state index >= 15 is 0 Å². The number of hydrogen-bond acceptors (Lipinski definition) is 2. The Labute approximate surface area is 248 Å². The normalized spacial score (nSPS) is 11.4. The van der Waals surface area contributed by atoms with Crippen molar-refractivity contribution in [3.63, 3.8) is 0 Å². The van der Waals surface area contributed by atoms with E-state index in [2.05, 4.69) is 131 Å². The standard InChI is InChI=1S/C19H23NO.C19H25N/c1-4-15-9-8-10-16(13-15)14-19(2,3)20-18(21)17-11-6-5-7-12-17;1-4-16-11-8-12-18(13-16)14-19(2,3)20-15-17-9-6-5-7-10-17/h5-13H,4,14H2,1-3H3,(H,20,21);5-13,20H,4,14-15H2,1-3H3. The van der Waals surface area contributed by atoms with E-state index in [1.807, 2.05) is 30.3 Å². The maximum Gasteiger partial charge on any atom is 0.251 e. The largest absolute Gasteiger partial charge is 0.347 e. The third-order valence-electron chi connectivity index (χ3n) is 7.19. The minimum atomic E-state index is -0.278. The monoisotopic (exact) mass is 548 g/mol. The maximum atomic E-state index is 12.3. The Balaban J connectivity index is 0.000000226. The lowest BCUT2D eigenvalue weighted by molar-refractivity contribution is 0.0913. The van der Waals surface area contributed by atoms with Gasteiger partial charge in [0.25, 0.3) is 5.91 Å². The van der Waals surface area contributed by atoms with Crippen molar-refractivity contribution in [2.75, 3.05) is 0 Å². The van der Waals surface area contributed by atoms with E-state index < -0.39 is 0 Å². The smallest absolute Gasteiger partial charge is 0.251 e.